The van der Waals surface area contributed by atoms with Gasteiger partial charge in [0.1, 0.15) is 6.54 Å². The van der Waals surface area contributed by atoms with Crippen LogP contribution >= 0.6 is 0 Å². The van der Waals surface area contributed by atoms with Crippen LogP contribution in [0.25, 0.3) is 22.6 Å². The first-order valence-corrected chi connectivity index (χ1v) is 11.5. The van der Waals surface area contributed by atoms with E-state index in [1.54, 1.807) is 9.80 Å². The number of fused-ring (bicyclic) bond motifs is 1. The number of anilines is 3. The Morgan fingerprint density at radius 1 is 1.00 bits per heavy atom. The van der Waals surface area contributed by atoms with Gasteiger partial charge in [0.15, 0.2) is 22.8 Å². The molecule has 12 nitrogen and oxygen atoms in total. The summed E-state index contributed by atoms with van der Waals surface area (Å²) >= 11 is 0. The second-order valence-corrected chi connectivity index (χ2v) is 8.58. The second-order valence-electron chi connectivity index (χ2n) is 8.58. The maximum atomic E-state index is 13.8. The van der Waals surface area contributed by atoms with E-state index in [0.717, 1.165) is 4.57 Å². The minimum Gasteiger partial charge on any atom is -0.378 e. The van der Waals surface area contributed by atoms with Crippen LogP contribution in [0.2, 0.25) is 0 Å². The predicted octanol–water partition coefficient (Wildman–Crippen LogP) is 0.933. The molecule has 2 aliphatic heterocycles. The van der Waals surface area contributed by atoms with Crippen molar-refractivity contribution in [3.8, 4) is 11.4 Å². The number of nitrogen functional groups attached to an aromatic ring is 1. The smallest absolute Gasteiger partial charge is 0.378 e. The number of morpholine rings is 1. The zero-order valence-electron chi connectivity index (χ0n) is 19.6. The van der Waals surface area contributed by atoms with E-state index >= 15 is 0 Å². The maximum Gasteiger partial charge on any atom is 0.406 e. The van der Waals surface area contributed by atoms with Crippen molar-refractivity contribution in [3.05, 3.63) is 12.4 Å². The van der Waals surface area contributed by atoms with Gasteiger partial charge in [0, 0.05) is 58.6 Å². The molecule has 0 radical (unpaired) electrons. The van der Waals surface area contributed by atoms with Gasteiger partial charge in [0.25, 0.3) is 0 Å². The maximum absolute atomic E-state index is 13.8. The molecule has 3 aromatic rings. The Balaban J connectivity index is 1.67. The van der Waals surface area contributed by atoms with Gasteiger partial charge in [-0.05, 0) is 0 Å². The van der Waals surface area contributed by atoms with Crippen LogP contribution in [0.1, 0.15) is 6.92 Å². The summed E-state index contributed by atoms with van der Waals surface area (Å²) in [5.74, 6) is 0.705. The first-order chi connectivity index (χ1) is 17.2. The Bertz CT molecular complexity index is 1250. The van der Waals surface area contributed by atoms with Gasteiger partial charge in [0.05, 0.1) is 18.8 Å². The van der Waals surface area contributed by atoms with Crippen LogP contribution in [-0.2, 0) is 16.1 Å². The normalized spacial score (nSPS) is 17.2. The molecular weight excluding hydrogens is 481 g/mol. The molecule has 0 spiro atoms. The highest BCUT2D eigenvalue weighted by Crippen LogP contribution is 2.33. The van der Waals surface area contributed by atoms with Gasteiger partial charge in [-0.1, -0.05) is 0 Å². The van der Waals surface area contributed by atoms with E-state index in [1.165, 1.54) is 19.3 Å². The summed E-state index contributed by atoms with van der Waals surface area (Å²) < 4.78 is 47.8. The van der Waals surface area contributed by atoms with Crippen LogP contribution in [0.15, 0.2) is 12.4 Å². The predicted molar refractivity (Wildman–Crippen MR) is 124 cm³/mol. The number of hydrogen-bond acceptors (Lipinski definition) is 10. The van der Waals surface area contributed by atoms with E-state index < -0.39 is 12.7 Å². The summed E-state index contributed by atoms with van der Waals surface area (Å²) in [5.41, 5.74) is 6.33. The molecule has 192 valence electrons. The average molecular weight is 506 g/mol. The average Bonchev–Trinajstić information content (AvgIpc) is 3.21. The highest BCUT2D eigenvalue weighted by atomic mass is 19.4. The van der Waals surface area contributed by atoms with Gasteiger partial charge >= 0.3 is 6.18 Å². The van der Waals surface area contributed by atoms with Crippen molar-refractivity contribution in [2.75, 3.05) is 68.0 Å². The molecule has 0 unspecified atom stereocenters. The van der Waals surface area contributed by atoms with E-state index in [-0.39, 0.29) is 34.8 Å². The monoisotopic (exact) mass is 506 g/mol. The summed E-state index contributed by atoms with van der Waals surface area (Å²) in [6.45, 7) is 3.58. The zero-order valence-corrected chi connectivity index (χ0v) is 19.6. The molecule has 15 heteroatoms. The first-order valence-electron chi connectivity index (χ1n) is 11.5. The van der Waals surface area contributed by atoms with E-state index in [2.05, 4.69) is 24.9 Å². The van der Waals surface area contributed by atoms with E-state index in [4.69, 9.17) is 10.5 Å². The fraction of sp³-hybridized carbons (Fsp3) is 0.524. The van der Waals surface area contributed by atoms with Gasteiger partial charge in [-0.25, -0.2) is 24.9 Å². The molecule has 5 rings (SSSR count). The molecule has 36 heavy (non-hydrogen) atoms. The fourth-order valence-corrected chi connectivity index (χ4v) is 4.34. The zero-order chi connectivity index (χ0) is 25.4. The van der Waals surface area contributed by atoms with Gasteiger partial charge < -0.3 is 25.2 Å². The molecule has 0 bridgehead atoms. The van der Waals surface area contributed by atoms with E-state index in [1.807, 2.05) is 4.90 Å². The van der Waals surface area contributed by atoms with Crippen molar-refractivity contribution in [3.63, 3.8) is 0 Å². The molecule has 2 saturated heterocycles. The number of nitrogens with zero attached hydrogens (tertiary/aromatic N) is 9. The number of nitrogens with two attached hydrogens (primary N) is 1. The van der Waals surface area contributed by atoms with Crippen LogP contribution in [0.3, 0.4) is 0 Å². The Morgan fingerprint density at radius 3 is 2.28 bits per heavy atom. The Kier molecular flexibility index (Phi) is 6.24. The highest BCUT2D eigenvalue weighted by molar-refractivity contribution is 5.88. The quantitative estimate of drug-likeness (QED) is 0.545. The molecule has 1 amide bonds. The lowest BCUT2D eigenvalue weighted by Crippen LogP contribution is -2.49. The molecule has 2 fully saturated rings. The van der Waals surface area contributed by atoms with Crippen molar-refractivity contribution >= 4 is 34.8 Å². The standard InChI is InChI=1S/C21H25F3N10O2/c1-13(35)31-2-4-33(5-3-31)20-28-15-17(32-6-8-36-9-7-32)29-16(14-10-26-19(25)27-11-14)30-18(15)34(20)12-21(22,23)24/h10-11H,2-9,12H2,1H3,(H2,25,26,27). The fourth-order valence-electron chi connectivity index (χ4n) is 4.34. The Labute approximate surface area is 203 Å². The third kappa shape index (κ3) is 4.82. The molecule has 2 N–H and O–H groups in total. The van der Waals surface area contributed by atoms with Crippen molar-refractivity contribution in [2.24, 2.45) is 0 Å². The lowest BCUT2D eigenvalue weighted by atomic mass is 10.3. The van der Waals surface area contributed by atoms with Crippen LogP contribution < -0.4 is 15.5 Å². The number of piperazine rings is 1. The molecule has 5 heterocycles. The van der Waals surface area contributed by atoms with Crippen molar-refractivity contribution in [1.82, 2.24) is 34.4 Å². The van der Waals surface area contributed by atoms with Crippen molar-refractivity contribution in [1.29, 1.82) is 0 Å². The summed E-state index contributed by atoms with van der Waals surface area (Å²) in [5, 5.41) is 0. The lowest BCUT2D eigenvalue weighted by molar-refractivity contribution is -0.139. The molecule has 0 aromatic carbocycles. The van der Waals surface area contributed by atoms with Crippen LogP contribution in [-0.4, -0.2) is 99.0 Å². The van der Waals surface area contributed by atoms with Gasteiger partial charge in [-0.2, -0.15) is 13.2 Å². The molecular formula is C21H25F3N10O2. The number of ether oxygens (including phenoxy) is 1. The largest absolute Gasteiger partial charge is 0.406 e. The molecule has 0 saturated carbocycles. The van der Waals surface area contributed by atoms with Crippen molar-refractivity contribution < 1.29 is 22.7 Å². The van der Waals surface area contributed by atoms with E-state index in [9.17, 15) is 18.0 Å². The number of aromatic nitrogens is 6. The lowest BCUT2D eigenvalue weighted by Gasteiger charge is -2.35. The number of carbonyl (C=O) groups is 1. The topological polar surface area (TPSA) is 131 Å². The summed E-state index contributed by atoms with van der Waals surface area (Å²) in [4.78, 5) is 38.8. The third-order valence-corrected chi connectivity index (χ3v) is 6.14. The Hall–Kier alpha value is -3.75. The number of rotatable bonds is 4. The number of imidazole rings is 1. The van der Waals surface area contributed by atoms with Crippen LogP contribution in [0.5, 0.6) is 0 Å². The molecule has 2 aliphatic rings. The van der Waals surface area contributed by atoms with Gasteiger partial charge in [0.2, 0.25) is 17.8 Å². The van der Waals surface area contributed by atoms with E-state index in [0.29, 0.717) is 63.9 Å². The minimum absolute atomic E-state index is 0.0552. The minimum atomic E-state index is -4.52. The van der Waals surface area contributed by atoms with Crippen LogP contribution in [0, 0.1) is 0 Å². The van der Waals surface area contributed by atoms with Gasteiger partial charge in [-0.3, -0.25) is 9.36 Å². The SMILES string of the molecule is CC(=O)N1CCN(c2nc3c(N4CCOCC4)nc(-c4cnc(N)nc4)nc3n2CC(F)(F)F)CC1. The third-order valence-electron chi connectivity index (χ3n) is 6.14. The highest BCUT2D eigenvalue weighted by Gasteiger charge is 2.34. The first kappa shape index (κ1) is 24.0. The Morgan fingerprint density at radius 2 is 1.67 bits per heavy atom. The van der Waals surface area contributed by atoms with Gasteiger partial charge in [-0.15, -0.1) is 0 Å². The summed E-state index contributed by atoms with van der Waals surface area (Å²) in [7, 11) is 0. The molecule has 3 aromatic heterocycles. The number of carbonyl (C=O) groups excluding carboxylic acids is 1. The number of hydrogen-bond donors (Lipinski definition) is 1. The number of alkyl halides is 3. The second kappa shape index (κ2) is 9.37. The number of amides is 1. The van der Waals surface area contributed by atoms with Crippen LogP contribution in [0.4, 0.5) is 30.9 Å². The number of halogens is 3. The molecule has 0 aliphatic carbocycles. The summed E-state index contributed by atoms with van der Waals surface area (Å²) in [6, 6.07) is 0. The summed E-state index contributed by atoms with van der Waals surface area (Å²) in [6.07, 6.45) is -1.66. The van der Waals surface area contributed by atoms with Crippen molar-refractivity contribution in [2.45, 2.75) is 19.6 Å². The molecule has 0 atom stereocenters.